The van der Waals surface area contributed by atoms with Gasteiger partial charge in [0.2, 0.25) is 0 Å². The second-order valence-corrected chi connectivity index (χ2v) is 7.56. The van der Waals surface area contributed by atoms with Gasteiger partial charge in [0, 0.05) is 5.69 Å². The van der Waals surface area contributed by atoms with E-state index in [2.05, 4.69) is 27.7 Å². The summed E-state index contributed by atoms with van der Waals surface area (Å²) in [7, 11) is 0. The number of rotatable bonds is 13. The lowest BCUT2D eigenvalue weighted by molar-refractivity contribution is -0.929. The third kappa shape index (κ3) is 11.7. The molecule has 0 aliphatic heterocycles. The molecule has 0 saturated heterocycles. The molecular formula is C23H42N2O2. The number of carboxylic acid groups (broad SMARTS) is 1. The van der Waals surface area contributed by atoms with Crippen molar-refractivity contribution >= 4 is 11.7 Å². The third-order valence-corrected chi connectivity index (χ3v) is 5.09. The fourth-order valence-corrected chi connectivity index (χ4v) is 3.26. The maximum atomic E-state index is 10.2. The predicted molar refractivity (Wildman–Crippen MR) is 115 cm³/mol. The van der Waals surface area contributed by atoms with Crippen LogP contribution in [0.2, 0.25) is 0 Å². The Morgan fingerprint density at radius 1 is 0.778 bits per heavy atom. The molecule has 156 valence electrons. The van der Waals surface area contributed by atoms with E-state index in [1.807, 2.05) is 0 Å². The number of nitrogen functional groups attached to an aromatic ring is 1. The number of hydrogen-bond donors (Lipinski definition) is 1. The van der Waals surface area contributed by atoms with Crippen molar-refractivity contribution in [3.8, 4) is 0 Å². The average molecular weight is 379 g/mol. The zero-order chi connectivity index (χ0) is 20.5. The molecule has 1 rings (SSSR count). The number of anilines is 1. The van der Waals surface area contributed by atoms with Gasteiger partial charge >= 0.3 is 0 Å². The minimum absolute atomic E-state index is 0.147. The molecule has 0 saturated carbocycles. The van der Waals surface area contributed by atoms with Crippen LogP contribution in [0.25, 0.3) is 0 Å². The lowest BCUT2D eigenvalue weighted by Crippen LogP contribution is -2.50. The van der Waals surface area contributed by atoms with Crippen LogP contribution >= 0.6 is 0 Å². The van der Waals surface area contributed by atoms with E-state index in [1.165, 1.54) is 106 Å². The highest BCUT2D eigenvalue weighted by atomic mass is 16.4. The van der Waals surface area contributed by atoms with Crippen molar-refractivity contribution in [1.29, 1.82) is 0 Å². The summed E-state index contributed by atoms with van der Waals surface area (Å²) < 4.78 is 1.42. The molecule has 0 radical (unpaired) electrons. The maximum Gasteiger partial charge on any atom is 0.0786 e. The number of nitrogens with two attached hydrogens (primary N) is 1. The summed E-state index contributed by atoms with van der Waals surface area (Å²) in [5, 5.41) is 10.2. The van der Waals surface area contributed by atoms with Crippen molar-refractivity contribution in [2.75, 3.05) is 31.9 Å². The molecule has 4 heteroatoms. The molecular weight excluding hydrogens is 336 g/mol. The number of unbranched alkanes of at least 4 members (excludes halogenated alkanes) is 4. The van der Waals surface area contributed by atoms with Crippen LogP contribution < -0.4 is 10.8 Å². The van der Waals surface area contributed by atoms with Crippen molar-refractivity contribution in [1.82, 2.24) is 0 Å². The summed E-state index contributed by atoms with van der Waals surface area (Å²) in [5.74, 6) is -1.18. The van der Waals surface area contributed by atoms with Gasteiger partial charge in [-0.3, -0.25) is 0 Å². The molecule has 0 fully saturated rings. The van der Waals surface area contributed by atoms with Crippen LogP contribution in [0.1, 0.15) is 89.4 Å². The summed E-state index contributed by atoms with van der Waals surface area (Å²) in [4.78, 5) is 10.2. The molecule has 0 bridgehead atoms. The molecule has 0 aliphatic carbocycles. The van der Waals surface area contributed by atoms with Crippen LogP contribution in [-0.2, 0) is 0 Å². The largest absolute Gasteiger partial charge is 0.545 e. The molecule has 27 heavy (non-hydrogen) atoms. The first kappa shape index (κ1) is 25.4. The summed E-state index contributed by atoms with van der Waals surface area (Å²) in [6.45, 7) is 15.0. The second kappa shape index (κ2) is 15.5. The fraction of sp³-hybridized carbons (Fsp3) is 0.696. The van der Waals surface area contributed by atoms with Crippen LogP contribution in [0, 0.1) is 0 Å². The number of carbonyl (C=O) groups excluding carboxylic acids is 1. The van der Waals surface area contributed by atoms with Crippen molar-refractivity contribution in [2.45, 2.75) is 79.1 Å². The Bertz CT molecular complexity index is 448. The van der Waals surface area contributed by atoms with E-state index < -0.39 is 5.97 Å². The number of carboxylic acids is 1. The van der Waals surface area contributed by atoms with Crippen molar-refractivity contribution in [3.05, 3.63) is 29.8 Å². The molecule has 0 aromatic heterocycles. The summed E-state index contributed by atoms with van der Waals surface area (Å²) in [6.07, 6.45) is 11.1. The predicted octanol–water partition coefficient (Wildman–Crippen LogP) is 4.64. The normalized spacial score (nSPS) is 11.0. The minimum Gasteiger partial charge on any atom is -0.545 e. The molecule has 0 heterocycles. The standard InChI is InChI=1S/C16H36N.C7H7NO2/c1-5-9-13-17(14-10-6-2,15-11-7-3)16-12-8-4;8-6-3-1-5(2-4-6)7(9)10/h5-16H2,1-4H3;1-4H,8H2,(H,9,10)/q+1;/p-1. The molecule has 1 aromatic rings. The van der Waals surface area contributed by atoms with E-state index in [4.69, 9.17) is 5.73 Å². The first-order chi connectivity index (χ1) is 12.9. The summed E-state index contributed by atoms with van der Waals surface area (Å²) in [6, 6.07) is 5.85. The molecule has 2 N–H and O–H groups in total. The van der Waals surface area contributed by atoms with Crippen LogP contribution in [0.5, 0.6) is 0 Å². The zero-order valence-corrected chi connectivity index (χ0v) is 18.1. The van der Waals surface area contributed by atoms with Crippen molar-refractivity contribution in [2.24, 2.45) is 0 Å². The number of benzene rings is 1. The number of quaternary nitrogens is 1. The quantitative estimate of drug-likeness (QED) is 0.402. The number of aromatic carboxylic acids is 1. The van der Waals surface area contributed by atoms with Gasteiger partial charge in [-0.15, -0.1) is 0 Å². The number of hydrogen-bond acceptors (Lipinski definition) is 3. The van der Waals surface area contributed by atoms with Crippen LogP contribution in [0.4, 0.5) is 5.69 Å². The van der Waals surface area contributed by atoms with Gasteiger partial charge in [-0.1, -0.05) is 65.5 Å². The van der Waals surface area contributed by atoms with E-state index in [0.29, 0.717) is 5.69 Å². The fourth-order valence-electron chi connectivity index (χ4n) is 3.26. The molecule has 0 unspecified atom stereocenters. The van der Waals surface area contributed by atoms with Gasteiger partial charge in [-0.25, -0.2) is 0 Å². The third-order valence-electron chi connectivity index (χ3n) is 5.09. The Balaban J connectivity index is 0.000000569. The SMILES string of the molecule is CCCC[N+](CCCC)(CCCC)CCCC.Nc1ccc(C(=O)[O-])cc1. The van der Waals surface area contributed by atoms with Gasteiger partial charge in [0.05, 0.1) is 32.1 Å². The topological polar surface area (TPSA) is 66.2 Å². The van der Waals surface area contributed by atoms with Gasteiger partial charge in [-0.05, 0) is 43.4 Å². The number of nitrogens with zero attached hydrogens (tertiary/aromatic N) is 1. The Labute approximate surface area is 167 Å². The van der Waals surface area contributed by atoms with E-state index in [-0.39, 0.29) is 5.56 Å². The first-order valence-corrected chi connectivity index (χ1v) is 10.9. The average Bonchev–Trinajstić information content (AvgIpc) is 2.68. The molecule has 0 atom stereocenters. The molecule has 0 amide bonds. The zero-order valence-electron chi connectivity index (χ0n) is 18.1. The van der Waals surface area contributed by atoms with Crippen molar-refractivity contribution in [3.63, 3.8) is 0 Å². The molecule has 0 aliphatic rings. The smallest absolute Gasteiger partial charge is 0.0786 e. The summed E-state index contributed by atoms with van der Waals surface area (Å²) >= 11 is 0. The van der Waals surface area contributed by atoms with Gasteiger partial charge in [0.1, 0.15) is 0 Å². The number of carbonyl (C=O) groups is 1. The van der Waals surface area contributed by atoms with E-state index >= 15 is 0 Å². The second-order valence-electron chi connectivity index (χ2n) is 7.56. The lowest BCUT2D eigenvalue weighted by atomic mass is 10.1. The van der Waals surface area contributed by atoms with E-state index in [9.17, 15) is 9.90 Å². The van der Waals surface area contributed by atoms with Crippen LogP contribution in [0.15, 0.2) is 24.3 Å². The molecule has 4 nitrogen and oxygen atoms in total. The molecule has 1 aromatic carbocycles. The highest BCUT2D eigenvalue weighted by Gasteiger charge is 2.24. The minimum atomic E-state index is -1.18. The maximum absolute atomic E-state index is 10.2. The van der Waals surface area contributed by atoms with Crippen molar-refractivity contribution < 1.29 is 14.4 Å². The Morgan fingerprint density at radius 3 is 1.37 bits per heavy atom. The van der Waals surface area contributed by atoms with Gasteiger partial charge in [-0.2, -0.15) is 0 Å². The Kier molecular flexibility index (Phi) is 14.6. The lowest BCUT2D eigenvalue weighted by Gasteiger charge is -2.39. The highest BCUT2D eigenvalue weighted by Crippen LogP contribution is 2.16. The van der Waals surface area contributed by atoms with Gasteiger partial charge in [0.15, 0.2) is 0 Å². The Morgan fingerprint density at radius 2 is 1.11 bits per heavy atom. The molecule has 0 spiro atoms. The first-order valence-electron chi connectivity index (χ1n) is 10.9. The van der Waals surface area contributed by atoms with Crippen LogP contribution in [-0.4, -0.2) is 36.6 Å². The van der Waals surface area contributed by atoms with Gasteiger partial charge in [0.25, 0.3) is 0 Å². The van der Waals surface area contributed by atoms with Gasteiger partial charge < -0.3 is 20.1 Å². The monoisotopic (exact) mass is 378 g/mol. The summed E-state index contributed by atoms with van der Waals surface area (Å²) in [5.41, 5.74) is 6.01. The van der Waals surface area contributed by atoms with Crippen LogP contribution in [0.3, 0.4) is 0 Å². The van der Waals surface area contributed by atoms with E-state index in [1.54, 1.807) is 0 Å². The highest BCUT2D eigenvalue weighted by molar-refractivity contribution is 5.86. The van der Waals surface area contributed by atoms with E-state index in [0.717, 1.165) is 0 Å². The Hall–Kier alpha value is -1.55.